The van der Waals surface area contributed by atoms with E-state index in [1.807, 2.05) is 30.3 Å². The van der Waals surface area contributed by atoms with Crippen LogP contribution in [0.2, 0.25) is 0 Å². The number of nitrogens with one attached hydrogen (secondary N) is 1. The molecule has 21 heavy (non-hydrogen) atoms. The van der Waals surface area contributed by atoms with Gasteiger partial charge in [-0.1, -0.05) is 18.2 Å². The molecule has 0 saturated carbocycles. The number of carboxylic acid groups (broad SMARTS) is 1. The Morgan fingerprint density at radius 1 is 1.14 bits per heavy atom. The lowest BCUT2D eigenvalue weighted by Crippen LogP contribution is -2.15. The van der Waals surface area contributed by atoms with E-state index in [0.717, 1.165) is 0 Å². The standard InChI is InChI=1S/C15H14N2O4/c18-14(8-9-21-12-4-2-1-3-5-12)17-11-6-7-13(15(19)20)16-10-11/h1-7,10H,8-9H2,(H,17,18)(H,19,20). The van der Waals surface area contributed by atoms with Gasteiger partial charge in [-0.15, -0.1) is 0 Å². The summed E-state index contributed by atoms with van der Waals surface area (Å²) in [5.41, 5.74) is 0.380. The van der Waals surface area contributed by atoms with Gasteiger partial charge in [-0.25, -0.2) is 9.78 Å². The first kappa shape index (κ1) is 14.5. The molecule has 0 aliphatic heterocycles. The van der Waals surface area contributed by atoms with Crippen LogP contribution in [0.5, 0.6) is 5.75 Å². The zero-order valence-corrected chi connectivity index (χ0v) is 11.2. The molecule has 0 spiro atoms. The molecule has 0 aliphatic carbocycles. The van der Waals surface area contributed by atoms with Crippen molar-refractivity contribution in [3.63, 3.8) is 0 Å². The van der Waals surface area contributed by atoms with E-state index in [4.69, 9.17) is 9.84 Å². The minimum atomic E-state index is -1.11. The first-order valence-corrected chi connectivity index (χ1v) is 6.32. The van der Waals surface area contributed by atoms with Crippen molar-refractivity contribution in [2.75, 3.05) is 11.9 Å². The summed E-state index contributed by atoms with van der Waals surface area (Å²) in [4.78, 5) is 26.0. The number of rotatable bonds is 6. The molecule has 6 heteroatoms. The van der Waals surface area contributed by atoms with E-state index in [-0.39, 0.29) is 24.6 Å². The van der Waals surface area contributed by atoms with Gasteiger partial charge in [0.15, 0.2) is 0 Å². The number of carbonyl (C=O) groups is 2. The summed E-state index contributed by atoms with van der Waals surface area (Å²) in [6, 6.07) is 12.0. The Labute approximate surface area is 121 Å². The molecule has 2 N–H and O–H groups in total. The second-order valence-corrected chi connectivity index (χ2v) is 4.20. The molecular weight excluding hydrogens is 272 g/mol. The van der Waals surface area contributed by atoms with Crippen LogP contribution in [0, 0.1) is 0 Å². The van der Waals surface area contributed by atoms with Crippen LogP contribution in [-0.4, -0.2) is 28.6 Å². The third-order valence-corrected chi connectivity index (χ3v) is 2.61. The number of carbonyl (C=O) groups excluding carboxylic acids is 1. The largest absolute Gasteiger partial charge is 0.493 e. The number of aromatic carboxylic acids is 1. The number of amides is 1. The first-order valence-electron chi connectivity index (χ1n) is 6.32. The third-order valence-electron chi connectivity index (χ3n) is 2.61. The zero-order valence-electron chi connectivity index (χ0n) is 11.2. The Kier molecular flexibility index (Phi) is 4.87. The Bertz CT molecular complexity index is 611. The van der Waals surface area contributed by atoms with Crippen LogP contribution >= 0.6 is 0 Å². The second kappa shape index (κ2) is 7.04. The van der Waals surface area contributed by atoms with Crippen LogP contribution in [0.4, 0.5) is 5.69 Å². The number of pyridine rings is 1. The van der Waals surface area contributed by atoms with E-state index in [0.29, 0.717) is 11.4 Å². The molecule has 2 aromatic rings. The highest BCUT2D eigenvalue weighted by molar-refractivity contribution is 5.91. The number of hydrogen-bond acceptors (Lipinski definition) is 4. The summed E-state index contributed by atoms with van der Waals surface area (Å²) in [5, 5.41) is 11.3. The molecule has 1 aromatic carbocycles. The smallest absolute Gasteiger partial charge is 0.354 e. The van der Waals surface area contributed by atoms with Gasteiger partial charge in [-0.05, 0) is 24.3 Å². The summed E-state index contributed by atoms with van der Waals surface area (Å²) in [6.07, 6.45) is 1.50. The van der Waals surface area contributed by atoms with Crippen LogP contribution in [-0.2, 0) is 4.79 Å². The van der Waals surface area contributed by atoms with Crippen molar-refractivity contribution in [3.8, 4) is 5.75 Å². The lowest BCUT2D eigenvalue weighted by atomic mass is 10.3. The highest BCUT2D eigenvalue weighted by Gasteiger charge is 2.06. The van der Waals surface area contributed by atoms with Crippen molar-refractivity contribution < 1.29 is 19.4 Å². The van der Waals surface area contributed by atoms with E-state index in [2.05, 4.69) is 10.3 Å². The zero-order chi connectivity index (χ0) is 15.1. The van der Waals surface area contributed by atoms with Crippen molar-refractivity contribution in [2.24, 2.45) is 0 Å². The summed E-state index contributed by atoms with van der Waals surface area (Å²) in [5.74, 6) is -0.627. The van der Waals surface area contributed by atoms with Crippen molar-refractivity contribution >= 4 is 17.6 Å². The number of aromatic nitrogens is 1. The van der Waals surface area contributed by atoms with Crippen LogP contribution < -0.4 is 10.1 Å². The minimum absolute atomic E-state index is 0.0691. The van der Waals surface area contributed by atoms with E-state index in [1.165, 1.54) is 18.3 Å². The van der Waals surface area contributed by atoms with Crippen LogP contribution in [0.25, 0.3) is 0 Å². The molecule has 0 fully saturated rings. The molecule has 1 heterocycles. The van der Waals surface area contributed by atoms with E-state index >= 15 is 0 Å². The van der Waals surface area contributed by atoms with Gasteiger partial charge in [0.2, 0.25) is 5.91 Å². The SMILES string of the molecule is O=C(CCOc1ccccc1)Nc1ccc(C(=O)O)nc1. The lowest BCUT2D eigenvalue weighted by molar-refractivity contribution is -0.116. The Balaban J connectivity index is 1.78. The highest BCUT2D eigenvalue weighted by atomic mass is 16.5. The van der Waals surface area contributed by atoms with Gasteiger partial charge in [0.25, 0.3) is 0 Å². The average Bonchev–Trinajstić information content (AvgIpc) is 2.49. The maximum absolute atomic E-state index is 11.7. The summed E-state index contributed by atoms with van der Waals surface area (Å²) in [7, 11) is 0. The molecule has 1 amide bonds. The number of hydrogen-bond donors (Lipinski definition) is 2. The van der Waals surface area contributed by atoms with E-state index < -0.39 is 5.97 Å². The van der Waals surface area contributed by atoms with Gasteiger partial charge in [0.05, 0.1) is 24.9 Å². The van der Waals surface area contributed by atoms with Crippen LogP contribution in [0.1, 0.15) is 16.9 Å². The second-order valence-electron chi connectivity index (χ2n) is 4.20. The molecular formula is C15H14N2O4. The van der Waals surface area contributed by atoms with Gasteiger partial charge in [0.1, 0.15) is 11.4 Å². The van der Waals surface area contributed by atoms with Gasteiger partial charge in [-0.2, -0.15) is 0 Å². The monoisotopic (exact) mass is 286 g/mol. The van der Waals surface area contributed by atoms with Crippen LogP contribution in [0.15, 0.2) is 48.7 Å². The topological polar surface area (TPSA) is 88.5 Å². The maximum atomic E-state index is 11.7. The van der Waals surface area contributed by atoms with Gasteiger partial charge >= 0.3 is 5.97 Å². The number of benzene rings is 1. The van der Waals surface area contributed by atoms with Crippen molar-refractivity contribution in [2.45, 2.75) is 6.42 Å². The number of carboxylic acids is 1. The summed E-state index contributed by atoms with van der Waals surface area (Å²) >= 11 is 0. The Morgan fingerprint density at radius 2 is 1.90 bits per heavy atom. The number of anilines is 1. The molecule has 6 nitrogen and oxygen atoms in total. The normalized spacial score (nSPS) is 9.90. The predicted octanol–water partition coefficient (Wildman–Crippen LogP) is 2.19. The van der Waals surface area contributed by atoms with Crippen molar-refractivity contribution in [3.05, 3.63) is 54.4 Å². The fraction of sp³-hybridized carbons (Fsp3) is 0.133. The fourth-order valence-corrected chi connectivity index (χ4v) is 1.60. The Hall–Kier alpha value is -2.89. The number of para-hydroxylation sites is 1. The molecule has 0 atom stereocenters. The first-order chi connectivity index (χ1) is 10.1. The molecule has 0 unspecified atom stereocenters. The molecule has 1 aromatic heterocycles. The average molecular weight is 286 g/mol. The van der Waals surface area contributed by atoms with Gasteiger partial charge < -0.3 is 15.2 Å². The van der Waals surface area contributed by atoms with Crippen LogP contribution in [0.3, 0.4) is 0 Å². The van der Waals surface area contributed by atoms with E-state index in [9.17, 15) is 9.59 Å². The fourth-order valence-electron chi connectivity index (χ4n) is 1.60. The highest BCUT2D eigenvalue weighted by Crippen LogP contribution is 2.09. The minimum Gasteiger partial charge on any atom is -0.493 e. The molecule has 0 aliphatic rings. The number of ether oxygens (including phenoxy) is 1. The quantitative estimate of drug-likeness (QED) is 0.849. The molecule has 0 bridgehead atoms. The predicted molar refractivity (Wildman–Crippen MR) is 76.4 cm³/mol. The number of nitrogens with zero attached hydrogens (tertiary/aromatic N) is 1. The maximum Gasteiger partial charge on any atom is 0.354 e. The van der Waals surface area contributed by atoms with Gasteiger partial charge in [-0.3, -0.25) is 4.79 Å². The van der Waals surface area contributed by atoms with E-state index in [1.54, 1.807) is 0 Å². The lowest BCUT2D eigenvalue weighted by Gasteiger charge is -2.07. The molecule has 108 valence electrons. The van der Waals surface area contributed by atoms with Crippen molar-refractivity contribution in [1.29, 1.82) is 0 Å². The molecule has 0 radical (unpaired) electrons. The third kappa shape index (κ3) is 4.61. The van der Waals surface area contributed by atoms with Crippen molar-refractivity contribution in [1.82, 2.24) is 4.98 Å². The summed E-state index contributed by atoms with van der Waals surface area (Å²) < 4.78 is 5.41. The molecule has 2 rings (SSSR count). The molecule has 0 saturated heterocycles. The summed E-state index contributed by atoms with van der Waals surface area (Å²) in [6.45, 7) is 0.260. The van der Waals surface area contributed by atoms with Gasteiger partial charge in [0, 0.05) is 0 Å². The Morgan fingerprint density at radius 3 is 2.52 bits per heavy atom.